The van der Waals surface area contributed by atoms with Crippen molar-refractivity contribution in [1.29, 1.82) is 0 Å². The Morgan fingerprint density at radius 2 is 1.76 bits per heavy atom. The van der Waals surface area contributed by atoms with E-state index in [4.69, 9.17) is 0 Å². The fraction of sp³-hybridized carbons (Fsp3) is 0.926. The van der Waals surface area contributed by atoms with Gasteiger partial charge in [-0.05, 0) is 104 Å². The summed E-state index contributed by atoms with van der Waals surface area (Å²) >= 11 is 0. The molecular weight excluding hydrogens is 356 g/mol. The molecular formula is C27H46O2. The lowest BCUT2D eigenvalue weighted by Gasteiger charge is -2.59. The number of fused-ring (bicyclic) bond motifs is 5. The molecule has 9 atom stereocenters. The molecule has 0 heterocycles. The van der Waals surface area contributed by atoms with E-state index in [2.05, 4.69) is 47.6 Å². The third kappa shape index (κ3) is 3.27. The number of hydrogen-bond acceptors (Lipinski definition) is 2. The van der Waals surface area contributed by atoms with Gasteiger partial charge in [-0.25, -0.2) is 0 Å². The molecule has 0 bridgehead atoms. The van der Waals surface area contributed by atoms with Gasteiger partial charge in [-0.2, -0.15) is 0 Å². The van der Waals surface area contributed by atoms with E-state index in [-0.39, 0.29) is 6.10 Å². The smallest absolute Gasteiger partial charge is 0.0682 e. The summed E-state index contributed by atoms with van der Waals surface area (Å²) in [5, 5.41) is 21.8. The van der Waals surface area contributed by atoms with Gasteiger partial charge in [-0.1, -0.05) is 53.2 Å². The number of allylic oxidation sites excluding steroid dienone is 1. The third-order valence-corrected chi connectivity index (χ3v) is 10.8. The Bertz CT molecular complexity index is 653. The lowest BCUT2D eigenvalue weighted by Crippen LogP contribution is -2.52. The molecule has 166 valence electrons. The zero-order chi connectivity index (χ0) is 21.2. The summed E-state index contributed by atoms with van der Waals surface area (Å²) in [6.45, 7) is 13.9. The summed E-state index contributed by atoms with van der Waals surface area (Å²) in [6, 6.07) is 0. The van der Waals surface area contributed by atoms with Gasteiger partial charge in [0.05, 0.1) is 11.7 Å². The molecule has 3 saturated carbocycles. The van der Waals surface area contributed by atoms with Crippen LogP contribution < -0.4 is 0 Å². The van der Waals surface area contributed by atoms with E-state index in [1.54, 1.807) is 5.57 Å². The van der Waals surface area contributed by atoms with Gasteiger partial charge in [0.15, 0.2) is 0 Å². The number of rotatable bonds is 4. The Labute approximate surface area is 179 Å². The second-order valence-electron chi connectivity index (χ2n) is 12.3. The van der Waals surface area contributed by atoms with Crippen molar-refractivity contribution >= 4 is 0 Å². The molecule has 2 N–H and O–H groups in total. The number of aliphatic hydroxyl groups excluding tert-OH is 1. The molecule has 2 nitrogen and oxygen atoms in total. The van der Waals surface area contributed by atoms with E-state index in [1.807, 2.05) is 0 Å². The minimum atomic E-state index is -0.456. The van der Waals surface area contributed by atoms with Crippen LogP contribution in [0.5, 0.6) is 0 Å². The average molecular weight is 403 g/mol. The number of hydrogen-bond donors (Lipinski definition) is 2. The minimum absolute atomic E-state index is 0.172. The standard InChI is InChI=1S/C27H46O2/c1-7-27(29)15-14-25(5)19(16-27)8-9-20-22-11-10-21(18(4)24(28)17(2)3)26(22,6)13-12-23(20)25/h8,17-18,20-24,28-29H,7,9-16H2,1-6H3/t18-,20-,21+,22-,23-,24+,25-,26+,27-/m0/s1. The van der Waals surface area contributed by atoms with Crippen molar-refractivity contribution in [2.45, 2.75) is 111 Å². The van der Waals surface area contributed by atoms with Crippen molar-refractivity contribution < 1.29 is 10.2 Å². The van der Waals surface area contributed by atoms with Crippen LogP contribution in [0.4, 0.5) is 0 Å². The Hall–Kier alpha value is -0.340. The summed E-state index contributed by atoms with van der Waals surface area (Å²) in [6.07, 6.45) is 12.9. The molecule has 0 radical (unpaired) electrons. The second kappa shape index (κ2) is 7.37. The molecule has 0 amide bonds. The molecule has 0 saturated heterocycles. The maximum atomic E-state index is 10.9. The highest BCUT2D eigenvalue weighted by molar-refractivity contribution is 5.27. The van der Waals surface area contributed by atoms with E-state index in [0.29, 0.717) is 28.6 Å². The van der Waals surface area contributed by atoms with Gasteiger partial charge in [0, 0.05) is 0 Å². The molecule has 0 unspecified atom stereocenters. The first kappa shape index (κ1) is 21.9. The fourth-order valence-corrected chi connectivity index (χ4v) is 8.76. The van der Waals surface area contributed by atoms with Gasteiger partial charge in [-0.15, -0.1) is 0 Å². The van der Waals surface area contributed by atoms with Crippen LogP contribution >= 0.6 is 0 Å². The zero-order valence-corrected chi connectivity index (χ0v) is 19.9. The van der Waals surface area contributed by atoms with Crippen LogP contribution in [0.25, 0.3) is 0 Å². The van der Waals surface area contributed by atoms with Crippen LogP contribution in [0.1, 0.15) is 99.3 Å². The van der Waals surface area contributed by atoms with Crippen LogP contribution in [0, 0.1) is 46.3 Å². The number of aliphatic hydroxyl groups is 2. The van der Waals surface area contributed by atoms with Gasteiger partial charge in [-0.3, -0.25) is 0 Å². The molecule has 0 aromatic heterocycles. The highest BCUT2D eigenvalue weighted by atomic mass is 16.3. The Morgan fingerprint density at radius 3 is 2.41 bits per heavy atom. The van der Waals surface area contributed by atoms with Gasteiger partial charge in [0.2, 0.25) is 0 Å². The molecule has 4 aliphatic carbocycles. The molecule has 29 heavy (non-hydrogen) atoms. The van der Waals surface area contributed by atoms with Crippen LogP contribution in [-0.2, 0) is 0 Å². The predicted octanol–water partition coefficient (Wildman–Crippen LogP) is 6.36. The molecule has 0 aliphatic heterocycles. The Balaban J connectivity index is 1.58. The summed E-state index contributed by atoms with van der Waals surface area (Å²) in [4.78, 5) is 0. The van der Waals surface area contributed by atoms with E-state index < -0.39 is 5.60 Å². The molecule has 0 aromatic carbocycles. The van der Waals surface area contributed by atoms with E-state index in [0.717, 1.165) is 37.0 Å². The largest absolute Gasteiger partial charge is 0.393 e. The summed E-state index contributed by atoms with van der Waals surface area (Å²) < 4.78 is 0. The Morgan fingerprint density at radius 1 is 1.03 bits per heavy atom. The van der Waals surface area contributed by atoms with Gasteiger partial charge in [0.25, 0.3) is 0 Å². The lowest BCUT2D eigenvalue weighted by atomic mass is 9.46. The minimum Gasteiger partial charge on any atom is -0.393 e. The monoisotopic (exact) mass is 402 g/mol. The highest BCUT2D eigenvalue weighted by Crippen LogP contribution is 2.67. The average Bonchev–Trinajstić information content (AvgIpc) is 3.04. The summed E-state index contributed by atoms with van der Waals surface area (Å²) in [5.41, 5.74) is 1.84. The highest BCUT2D eigenvalue weighted by Gasteiger charge is 2.60. The molecule has 0 aromatic rings. The van der Waals surface area contributed by atoms with Crippen molar-refractivity contribution in [1.82, 2.24) is 0 Å². The van der Waals surface area contributed by atoms with E-state index in [1.165, 1.54) is 38.5 Å². The Kier molecular flexibility index (Phi) is 5.56. The van der Waals surface area contributed by atoms with Gasteiger partial charge >= 0.3 is 0 Å². The zero-order valence-electron chi connectivity index (χ0n) is 19.9. The first-order chi connectivity index (χ1) is 13.6. The summed E-state index contributed by atoms with van der Waals surface area (Å²) in [5.74, 6) is 3.84. The molecule has 3 fully saturated rings. The maximum absolute atomic E-state index is 10.9. The van der Waals surface area contributed by atoms with Crippen molar-refractivity contribution in [3.8, 4) is 0 Å². The van der Waals surface area contributed by atoms with Crippen molar-refractivity contribution in [2.75, 3.05) is 0 Å². The normalized spacial score (nSPS) is 49.1. The molecule has 2 heteroatoms. The van der Waals surface area contributed by atoms with Crippen LogP contribution in [0.15, 0.2) is 11.6 Å². The molecule has 0 spiro atoms. The van der Waals surface area contributed by atoms with Crippen LogP contribution in [0.2, 0.25) is 0 Å². The second-order valence-corrected chi connectivity index (χ2v) is 12.3. The fourth-order valence-electron chi connectivity index (χ4n) is 8.76. The molecule has 4 aliphatic rings. The van der Waals surface area contributed by atoms with Crippen LogP contribution in [0.3, 0.4) is 0 Å². The maximum Gasteiger partial charge on any atom is 0.0682 e. The van der Waals surface area contributed by atoms with E-state index in [9.17, 15) is 10.2 Å². The van der Waals surface area contributed by atoms with Gasteiger partial charge < -0.3 is 10.2 Å². The SMILES string of the molecule is CC[C@]1(O)CC[C@@]2(C)C(=CC[C@H]3[C@@H]4CC[C@H]([C@H](C)[C@H](O)C(C)C)[C@@]4(C)CC[C@@H]32)C1. The lowest BCUT2D eigenvalue weighted by molar-refractivity contribution is -0.0838. The topological polar surface area (TPSA) is 40.5 Å². The van der Waals surface area contributed by atoms with Crippen molar-refractivity contribution in [2.24, 2.45) is 46.3 Å². The summed E-state index contributed by atoms with van der Waals surface area (Å²) in [7, 11) is 0. The first-order valence-corrected chi connectivity index (χ1v) is 12.7. The van der Waals surface area contributed by atoms with Crippen molar-refractivity contribution in [3.05, 3.63) is 11.6 Å². The first-order valence-electron chi connectivity index (χ1n) is 12.7. The quantitative estimate of drug-likeness (QED) is 0.537. The van der Waals surface area contributed by atoms with E-state index >= 15 is 0 Å². The van der Waals surface area contributed by atoms with Crippen LogP contribution in [-0.4, -0.2) is 21.9 Å². The van der Waals surface area contributed by atoms with Crippen molar-refractivity contribution in [3.63, 3.8) is 0 Å². The van der Waals surface area contributed by atoms with Gasteiger partial charge in [0.1, 0.15) is 0 Å². The third-order valence-electron chi connectivity index (χ3n) is 10.8. The predicted molar refractivity (Wildman–Crippen MR) is 120 cm³/mol. The molecule has 4 rings (SSSR count).